The summed E-state index contributed by atoms with van der Waals surface area (Å²) in [5.74, 6) is -2.18. The second-order valence-electron chi connectivity index (χ2n) is 10.9. The molecule has 40 heavy (non-hydrogen) atoms. The van der Waals surface area contributed by atoms with Crippen LogP contribution in [0.2, 0.25) is 5.02 Å². The van der Waals surface area contributed by atoms with Gasteiger partial charge in [0.1, 0.15) is 53.0 Å². The Bertz CT molecular complexity index is 1340. The molecule has 222 valence electrons. The first-order chi connectivity index (χ1) is 18.6. The van der Waals surface area contributed by atoms with Crippen LogP contribution in [0.5, 0.6) is 5.75 Å². The summed E-state index contributed by atoms with van der Waals surface area (Å²) in [5.41, 5.74) is -0.0854. The van der Waals surface area contributed by atoms with Crippen molar-refractivity contribution in [1.82, 2.24) is 0 Å². The van der Waals surface area contributed by atoms with Crippen molar-refractivity contribution in [2.45, 2.75) is 103 Å². The quantitative estimate of drug-likeness (QED) is 0.259. The Morgan fingerprint density at radius 3 is 2.12 bits per heavy atom. The second-order valence-corrected chi connectivity index (χ2v) is 12.6. The molecular formula is C26H34ClO12P. The number of ether oxygens (including phenoxy) is 6. The molecule has 14 heteroatoms. The fraction of sp³-hybridized carbons (Fsp3) is 0.654. The lowest BCUT2D eigenvalue weighted by Gasteiger charge is -2.43. The molecular weight excluding hydrogens is 571 g/mol. The van der Waals surface area contributed by atoms with Gasteiger partial charge in [0.15, 0.2) is 17.9 Å². The van der Waals surface area contributed by atoms with Gasteiger partial charge in [-0.3, -0.25) is 9.42 Å². The Labute approximate surface area is 236 Å². The zero-order valence-corrected chi connectivity index (χ0v) is 24.9. The number of halogens is 1. The van der Waals surface area contributed by atoms with Crippen molar-refractivity contribution >= 4 is 30.4 Å². The molecule has 1 aliphatic carbocycles. The summed E-state index contributed by atoms with van der Waals surface area (Å²) in [6, 6.07) is 4.32. The summed E-state index contributed by atoms with van der Waals surface area (Å²) in [6.07, 6.45) is -5.68. The number of rotatable bonds is 8. The molecule has 1 aromatic carbocycles. The highest BCUT2D eigenvalue weighted by Gasteiger charge is 2.65. The van der Waals surface area contributed by atoms with Gasteiger partial charge in [-0.05, 0) is 66.2 Å². The van der Waals surface area contributed by atoms with Crippen LogP contribution in [0.25, 0.3) is 11.0 Å². The molecule has 2 saturated heterocycles. The van der Waals surface area contributed by atoms with E-state index in [4.69, 9.17) is 53.5 Å². The van der Waals surface area contributed by atoms with Crippen LogP contribution in [0.1, 0.15) is 47.1 Å². The van der Waals surface area contributed by atoms with Crippen molar-refractivity contribution < 1.29 is 51.3 Å². The van der Waals surface area contributed by atoms with Gasteiger partial charge in [0, 0.05) is 18.1 Å². The van der Waals surface area contributed by atoms with Crippen LogP contribution in [0, 0.1) is 6.92 Å². The Morgan fingerprint density at radius 1 is 1.02 bits per heavy atom. The molecule has 3 aliphatic rings. The molecule has 0 bridgehead atoms. The Hall–Kier alpha value is -1.57. The molecule has 1 saturated carbocycles. The molecule has 1 aromatic heterocycles. The number of benzene rings is 1. The van der Waals surface area contributed by atoms with E-state index in [9.17, 15) is 14.3 Å². The highest BCUT2D eigenvalue weighted by atomic mass is 35.5. The van der Waals surface area contributed by atoms with Crippen molar-refractivity contribution in [3.63, 3.8) is 0 Å². The standard InChI is InChI=1S/C26H34ClO12P/c1-8-31-13(3)32-18-19-21(36-25(4,5)34-19)23(22-20(18)35-26(6,7)37-22)39-40(29,30)38-14-9-10-15-12(2)17(27)24(28)33-16(15)11-14/h9-11,13,18-23H,8H2,1-7H3,(H,29,30). The predicted molar refractivity (Wildman–Crippen MR) is 141 cm³/mol. The molecule has 3 fully saturated rings. The van der Waals surface area contributed by atoms with Crippen LogP contribution < -0.4 is 10.1 Å². The smallest absolute Gasteiger partial charge is 0.421 e. The Balaban J connectivity index is 1.44. The van der Waals surface area contributed by atoms with E-state index in [2.05, 4.69) is 0 Å². The van der Waals surface area contributed by atoms with Crippen molar-refractivity contribution in [2.24, 2.45) is 0 Å². The summed E-state index contributed by atoms with van der Waals surface area (Å²) < 4.78 is 66.2. The number of phosphoric acid groups is 1. The van der Waals surface area contributed by atoms with Gasteiger partial charge >= 0.3 is 13.4 Å². The van der Waals surface area contributed by atoms with Gasteiger partial charge in [-0.15, -0.1) is 0 Å². The van der Waals surface area contributed by atoms with Crippen molar-refractivity contribution in [1.29, 1.82) is 0 Å². The van der Waals surface area contributed by atoms with E-state index in [1.807, 2.05) is 6.92 Å². The fourth-order valence-corrected chi connectivity index (χ4v) is 6.58. The summed E-state index contributed by atoms with van der Waals surface area (Å²) in [4.78, 5) is 22.9. The van der Waals surface area contributed by atoms with E-state index in [0.29, 0.717) is 17.6 Å². The minimum absolute atomic E-state index is 0.0416. The molecule has 6 unspecified atom stereocenters. The van der Waals surface area contributed by atoms with E-state index in [1.165, 1.54) is 12.1 Å². The SMILES string of the molecule is CCOC(C)OC1C2OC(C)(C)OC2C(OP(=O)(O)Oc2ccc3c(C)c(Cl)c(=O)oc3c2)C2OC(C)(C)OC12. The minimum Gasteiger partial charge on any atom is -0.421 e. The lowest BCUT2D eigenvalue weighted by atomic mass is 9.85. The molecule has 1 N–H and O–H groups in total. The number of hydrogen-bond donors (Lipinski definition) is 1. The number of phosphoric ester groups is 1. The Kier molecular flexibility index (Phi) is 7.93. The molecule has 0 radical (unpaired) electrons. The third-order valence-corrected chi connectivity index (χ3v) is 8.31. The number of aryl methyl sites for hydroxylation is 1. The van der Waals surface area contributed by atoms with Gasteiger partial charge in [-0.1, -0.05) is 11.6 Å². The maximum atomic E-state index is 13.4. The van der Waals surface area contributed by atoms with E-state index in [1.54, 1.807) is 47.6 Å². The summed E-state index contributed by atoms with van der Waals surface area (Å²) in [7, 11) is -4.82. The zero-order valence-electron chi connectivity index (χ0n) is 23.2. The van der Waals surface area contributed by atoms with Gasteiger partial charge in [0.05, 0.1) is 0 Å². The summed E-state index contributed by atoms with van der Waals surface area (Å²) in [5, 5.41) is 0.508. The van der Waals surface area contributed by atoms with E-state index < -0.39 is 67.9 Å². The van der Waals surface area contributed by atoms with Crippen LogP contribution in [0.15, 0.2) is 27.4 Å². The average molecular weight is 605 g/mol. The highest BCUT2D eigenvalue weighted by Crippen LogP contribution is 2.53. The van der Waals surface area contributed by atoms with Gasteiger partial charge < -0.3 is 37.4 Å². The largest absolute Gasteiger partial charge is 0.527 e. The average Bonchev–Trinajstić information content (AvgIpc) is 3.34. The molecule has 5 rings (SSSR count). The molecule has 0 amide bonds. The van der Waals surface area contributed by atoms with Crippen LogP contribution in [-0.4, -0.2) is 66.0 Å². The van der Waals surface area contributed by atoms with Gasteiger partial charge in [-0.2, -0.15) is 0 Å². The van der Waals surface area contributed by atoms with Crippen molar-refractivity contribution in [3.05, 3.63) is 39.2 Å². The lowest BCUT2D eigenvalue weighted by Crippen LogP contribution is -2.63. The van der Waals surface area contributed by atoms with E-state index in [-0.39, 0.29) is 16.4 Å². The first-order valence-electron chi connectivity index (χ1n) is 13.0. The molecule has 0 spiro atoms. The van der Waals surface area contributed by atoms with E-state index in [0.717, 1.165) is 0 Å². The molecule has 2 aromatic rings. The van der Waals surface area contributed by atoms with Crippen LogP contribution in [0.4, 0.5) is 0 Å². The van der Waals surface area contributed by atoms with E-state index >= 15 is 0 Å². The maximum Gasteiger partial charge on any atom is 0.527 e. The monoisotopic (exact) mass is 604 g/mol. The summed E-state index contributed by atoms with van der Waals surface area (Å²) in [6.45, 7) is 12.6. The van der Waals surface area contributed by atoms with Crippen LogP contribution in [-0.2, 0) is 37.5 Å². The first-order valence-corrected chi connectivity index (χ1v) is 14.9. The molecule has 12 nitrogen and oxygen atoms in total. The minimum atomic E-state index is -4.82. The number of fused-ring (bicyclic) bond motifs is 3. The van der Waals surface area contributed by atoms with Gasteiger partial charge in [0.2, 0.25) is 0 Å². The normalized spacial score (nSPS) is 32.8. The topological polar surface area (TPSA) is 141 Å². The number of hydrogen-bond acceptors (Lipinski definition) is 11. The third kappa shape index (κ3) is 5.85. The third-order valence-electron chi connectivity index (χ3n) is 6.92. The highest BCUT2D eigenvalue weighted by molar-refractivity contribution is 7.47. The van der Waals surface area contributed by atoms with Crippen molar-refractivity contribution in [2.75, 3.05) is 6.61 Å². The summed E-state index contributed by atoms with van der Waals surface area (Å²) >= 11 is 5.99. The lowest BCUT2D eigenvalue weighted by molar-refractivity contribution is -0.239. The van der Waals surface area contributed by atoms with Crippen LogP contribution in [0.3, 0.4) is 0 Å². The molecule has 3 heterocycles. The van der Waals surface area contributed by atoms with Crippen LogP contribution >= 0.6 is 19.4 Å². The fourth-order valence-electron chi connectivity index (χ4n) is 5.47. The molecule has 2 aliphatic heterocycles. The Morgan fingerprint density at radius 2 is 1.57 bits per heavy atom. The second kappa shape index (κ2) is 10.6. The van der Waals surface area contributed by atoms with Gasteiger partial charge in [-0.25, -0.2) is 9.36 Å². The zero-order chi connectivity index (χ0) is 29.2. The van der Waals surface area contributed by atoms with Gasteiger partial charge in [0.25, 0.3) is 0 Å². The predicted octanol–water partition coefficient (Wildman–Crippen LogP) is 4.44. The molecule has 6 atom stereocenters. The first kappa shape index (κ1) is 29.9. The van der Waals surface area contributed by atoms with Crippen molar-refractivity contribution in [3.8, 4) is 5.75 Å². The maximum absolute atomic E-state index is 13.4.